The van der Waals surface area contributed by atoms with Crippen molar-refractivity contribution in [2.75, 3.05) is 24.5 Å². The van der Waals surface area contributed by atoms with E-state index in [9.17, 15) is 9.90 Å². The molecule has 38 heavy (non-hydrogen) atoms. The van der Waals surface area contributed by atoms with E-state index in [-0.39, 0.29) is 12.0 Å². The number of nitrogens with zero attached hydrogens (tertiary/aromatic N) is 6. The number of hydrogen-bond donors (Lipinski definition) is 1. The van der Waals surface area contributed by atoms with E-state index < -0.39 is 5.97 Å². The molecule has 3 aliphatic rings. The Morgan fingerprint density at radius 1 is 1.18 bits per heavy atom. The first-order valence-corrected chi connectivity index (χ1v) is 14.4. The summed E-state index contributed by atoms with van der Waals surface area (Å²) in [4.78, 5) is 26.3. The molecule has 2 aliphatic heterocycles. The molecule has 6 atom stereocenters. The average Bonchev–Trinajstić information content (AvgIpc) is 3.43. The number of carboxylic acid groups (broad SMARTS) is 1. The minimum atomic E-state index is -0.624. The van der Waals surface area contributed by atoms with Gasteiger partial charge in [-0.05, 0) is 75.6 Å². The zero-order valence-corrected chi connectivity index (χ0v) is 23.5. The maximum absolute atomic E-state index is 11.5. The molecule has 5 unspecified atom stereocenters. The van der Waals surface area contributed by atoms with Crippen LogP contribution in [0.1, 0.15) is 56.8 Å². The number of carbonyl (C=O) groups is 1. The highest BCUT2D eigenvalue weighted by Crippen LogP contribution is 2.48. The average molecular weight is 558 g/mol. The zero-order valence-electron chi connectivity index (χ0n) is 22.0. The van der Waals surface area contributed by atoms with Crippen LogP contribution < -0.4 is 4.90 Å². The van der Waals surface area contributed by atoms with Crippen LogP contribution in [0.5, 0.6) is 0 Å². The van der Waals surface area contributed by atoms with Crippen molar-refractivity contribution < 1.29 is 9.90 Å². The molecule has 4 heterocycles. The summed E-state index contributed by atoms with van der Waals surface area (Å²) in [5.74, 6) is 0.872. The van der Waals surface area contributed by atoms with Crippen LogP contribution in [0.4, 0.5) is 5.82 Å². The SMILES string of the molecule is Cc1nn(C(C)c2ccc(Cl)cc2Cl)c2nc(N3CCC(N4CCC[C@H]4C4CC4C(=O)O)C(C)C3)cnc12. The van der Waals surface area contributed by atoms with Crippen LogP contribution in [0.2, 0.25) is 10.0 Å². The van der Waals surface area contributed by atoms with Crippen molar-refractivity contribution in [3.8, 4) is 0 Å². The van der Waals surface area contributed by atoms with Crippen molar-refractivity contribution in [1.29, 1.82) is 0 Å². The topological polar surface area (TPSA) is 87.4 Å². The van der Waals surface area contributed by atoms with Gasteiger partial charge in [0, 0.05) is 35.2 Å². The van der Waals surface area contributed by atoms with E-state index in [1.54, 1.807) is 6.07 Å². The number of aryl methyl sites for hydroxylation is 1. The lowest BCUT2D eigenvalue weighted by Gasteiger charge is -2.44. The first-order valence-electron chi connectivity index (χ1n) is 13.6. The lowest BCUT2D eigenvalue weighted by Crippen LogP contribution is -2.52. The highest BCUT2D eigenvalue weighted by Gasteiger charge is 2.52. The fraction of sp³-hybridized carbons (Fsp3) is 0.571. The van der Waals surface area contributed by atoms with Gasteiger partial charge in [-0.15, -0.1) is 0 Å². The van der Waals surface area contributed by atoms with Gasteiger partial charge in [-0.25, -0.2) is 14.6 Å². The van der Waals surface area contributed by atoms with Crippen molar-refractivity contribution >= 4 is 46.2 Å². The number of benzene rings is 1. The Kier molecular flexibility index (Phi) is 6.77. The first-order chi connectivity index (χ1) is 18.2. The second-order valence-electron chi connectivity index (χ2n) is 11.3. The number of fused-ring (bicyclic) bond motifs is 1. The van der Waals surface area contributed by atoms with Crippen molar-refractivity contribution in [3.63, 3.8) is 0 Å². The van der Waals surface area contributed by atoms with E-state index >= 15 is 0 Å². The third kappa shape index (κ3) is 4.54. The monoisotopic (exact) mass is 556 g/mol. The first kappa shape index (κ1) is 25.8. The van der Waals surface area contributed by atoms with Gasteiger partial charge < -0.3 is 10.0 Å². The van der Waals surface area contributed by atoms with E-state index in [0.29, 0.717) is 34.0 Å². The fourth-order valence-electron chi connectivity index (χ4n) is 6.88. The molecule has 3 aromatic rings. The number of aromatic nitrogens is 4. The quantitative estimate of drug-likeness (QED) is 0.431. The summed E-state index contributed by atoms with van der Waals surface area (Å²) in [7, 11) is 0. The summed E-state index contributed by atoms with van der Waals surface area (Å²) < 4.78 is 1.91. The molecule has 1 aliphatic carbocycles. The van der Waals surface area contributed by atoms with E-state index in [4.69, 9.17) is 38.3 Å². The Balaban J connectivity index is 1.22. The summed E-state index contributed by atoms with van der Waals surface area (Å²) in [6.07, 6.45) is 6.04. The van der Waals surface area contributed by atoms with Crippen LogP contribution in [0.15, 0.2) is 24.4 Å². The molecule has 0 radical (unpaired) electrons. The second-order valence-corrected chi connectivity index (χ2v) is 12.2. The van der Waals surface area contributed by atoms with Gasteiger partial charge in [0.05, 0.1) is 23.9 Å². The number of hydrogen-bond acceptors (Lipinski definition) is 6. The largest absolute Gasteiger partial charge is 0.481 e. The summed E-state index contributed by atoms with van der Waals surface area (Å²) in [6, 6.07) is 6.31. The molecule has 3 fully saturated rings. The molecule has 2 saturated heterocycles. The van der Waals surface area contributed by atoms with Crippen LogP contribution in [-0.4, -0.2) is 67.4 Å². The number of rotatable bonds is 6. The predicted molar refractivity (Wildman–Crippen MR) is 149 cm³/mol. The van der Waals surface area contributed by atoms with E-state index in [0.717, 1.165) is 67.1 Å². The van der Waals surface area contributed by atoms with E-state index in [1.165, 1.54) is 6.42 Å². The highest BCUT2D eigenvalue weighted by atomic mass is 35.5. The van der Waals surface area contributed by atoms with Crippen LogP contribution in [0.3, 0.4) is 0 Å². The molecular formula is C28H34Cl2N6O2. The smallest absolute Gasteiger partial charge is 0.306 e. The Hall–Kier alpha value is -2.42. The fourth-order valence-corrected chi connectivity index (χ4v) is 7.45. The van der Waals surface area contributed by atoms with Crippen molar-refractivity contribution in [2.45, 2.75) is 64.6 Å². The van der Waals surface area contributed by atoms with Gasteiger partial charge in [-0.2, -0.15) is 5.10 Å². The number of piperidine rings is 1. The number of likely N-dealkylation sites (tertiary alicyclic amines) is 1. The number of halogens is 2. The molecule has 10 heteroatoms. The molecular weight excluding hydrogens is 523 g/mol. The molecule has 1 saturated carbocycles. The van der Waals surface area contributed by atoms with E-state index in [1.807, 2.05) is 29.9 Å². The normalized spacial score (nSPS) is 28.7. The lowest BCUT2D eigenvalue weighted by molar-refractivity contribution is -0.139. The summed E-state index contributed by atoms with van der Waals surface area (Å²) >= 11 is 12.6. The lowest BCUT2D eigenvalue weighted by atomic mass is 9.91. The molecule has 8 nitrogen and oxygen atoms in total. The maximum Gasteiger partial charge on any atom is 0.306 e. The van der Waals surface area contributed by atoms with Crippen LogP contribution in [0.25, 0.3) is 11.2 Å². The van der Waals surface area contributed by atoms with Crippen LogP contribution in [0, 0.1) is 24.7 Å². The third-order valence-electron chi connectivity index (χ3n) is 8.94. The molecule has 0 amide bonds. The summed E-state index contributed by atoms with van der Waals surface area (Å²) in [5.41, 5.74) is 3.32. The third-order valence-corrected chi connectivity index (χ3v) is 9.50. The molecule has 6 rings (SSSR count). The Morgan fingerprint density at radius 3 is 2.71 bits per heavy atom. The number of carboxylic acids is 1. The molecule has 202 valence electrons. The van der Waals surface area contributed by atoms with E-state index in [2.05, 4.69) is 23.6 Å². The number of anilines is 1. The molecule has 2 aromatic heterocycles. The van der Waals surface area contributed by atoms with Gasteiger partial charge >= 0.3 is 5.97 Å². The van der Waals surface area contributed by atoms with Gasteiger partial charge in [0.25, 0.3) is 0 Å². The van der Waals surface area contributed by atoms with Crippen molar-refractivity contribution in [3.05, 3.63) is 45.7 Å². The molecule has 0 spiro atoms. The summed E-state index contributed by atoms with van der Waals surface area (Å²) in [5, 5.41) is 15.4. The highest BCUT2D eigenvalue weighted by molar-refractivity contribution is 6.35. The predicted octanol–water partition coefficient (Wildman–Crippen LogP) is 5.45. The van der Waals surface area contributed by atoms with Crippen molar-refractivity contribution in [1.82, 2.24) is 24.6 Å². The standard InChI is InChI=1S/C28H34Cl2N6O2/c1-15-14-34(10-8-23(15)35-9-4-5-24(35)20-12-21(20)28(37)38)25-13-31-26-16(2)33-36(27(26)32-25)17(3)19-7-6-18(29)11-22(19)30/h6-7,11,13,15,17,20-21,23-24H,4-5,8-10,12,14H2,1-3H3,(H,37,38)/t15?,17?,20?,21?,23?,24-/m0/s1. The molecule has 1 aromatic carbocycles. The van der Waals surface area contributed by atoms with Gasteiger partial charge in [0.15, 0.2) is 5.65 Å². The molecule has 1 N–H and O–H groups in total. The Bertz CT molecular complexity index is 1380. The minimum absolute atomic E-state index is 0.130. The van der Waals surface area contributed by atoms with Gasteiger partial charge in [-0.3, -0.25) is 9.69 Å². The van der Waals surface area contributed by atoms with Crippen LogP contribution >= 0.6 is 23.2 Å². The minimum Gasteiger partial charge on any atom is -0.481 e. The maximum atomic E-state index is 11.5. The van der Waals surface area contributed by atoms with Gasteiger partial charge in [0.2, 0.25) is 0 Å². The second kappa shape index (κ2) is 9.96. The van der Waals surface area contributed by atoms with Crippen LogP contribution in [-0.2, 0) is 4.79 Å². The summed E-state index contributed by atoms with van der Waals surface area (Å²) in [6.45, 7) is 9.21. The Labute approximate surface area is 232 Å². The van der Waals surface area contributed by atoms with Crippen molar-refractivity contribution in [2.24, 2.45) is 17.8 Å². The van der Waals surface area contributed by atoms with Gasteiger partial charge in [-0.1, -0.05) is 36.2 Å². The molecule has 0 bridgehead atoms. The number of aliphatic carboxylic acids is 1. The van der Waals surface area contributed by atoms with Gasteiger partial charge in [0.1, 0.15) is 11.3 Å². The Morgan fingerprint density at radius 2 is 2.00 bits per heavy atom. The zero-order chi connectivity index (χ0) is 26.7.